The van der Waals surface area contributed by atoms with E-state index in [0.29, 0.717) is 0 Å². The van der Waals surface area contributed by atoms with Crippen LogP contribution in [0.15, 0.2) is 12.4 Å². The number of likely N-dealkylation sites (tertiary alicyclic amines) is 1. The average Bonchev–Trinajstić information content (AvgIpc) is 3.33. The molecule has 1 aromatic heterocycles. The molecule has 4 heterocycles. The lowest BCUT2D eigenvalue weighted by Crippen LogP contribution is -2.47. The molecule has 0 bridgehead atoms. The summed E-state index contributed by atoms with van der Waals surface area (Å²) < 4.78 is 5.87. The third-order valence-corrected chi connectivity index (χ3v) is 6.49. The molecule has 1 amide bonds. The minimum atomic E-state index is -0.286. The zero-order valence-corrected chi connectivity index (χ0v) is 17.3. The van der Waals surface area contributed by atoms with E-state index in [1.807, 2.05) is 17.3 Å². The highest BCUT2D eigenvalue weighted by atomic mass is 16.6. The van der Waals surface area contributed by atoms with Crippen LogP contribution < -0.4 is 4.90 Å². The first-order chi connectivity index (χ1) is 13.6. The molecule has 0 N–H and O–H groups in total. The summed E-state index contributed by atoms with van der Waals surface area (Å²) in [7, 11) is 0. The van der Waals surface area contributed by atoms with E-state index in [4.69, 9.17) is 4.74 Å². The maximum Gasteiger partial charge on any atom is 0.410 e. The van der Waals surface area contributed by atoms with E-state index in [1.165, 1.54) is 12.8 Å². The molecule has 0 aliphatic carbocycles. The third kappa shape index (κ3) is 4.09. The lowest BCUT2D eigenvalue weighted by atomic mass is 9.91. The zero-order chi connectivity index (χ0) is 19.6. The van der Waals surface area contributed by atoms with Gasteiger partial charge in [0.1, 0.15) is 5.60 Å². The predicted molar refractivity (Wildman–Crippen MR) is 108 cm³/mol. The molecule has 3 saturated heterocycles. The second-order valence-electron chi connectivity index (χ2n) is 8.68. The van der Waals surface area contributed by atoms with E-state index in [1.54, 1.807) is 0 Å². The van der Waals surface area contributed by atoms with Gasteiger partial charge < -0.3 is 14.5 Å². The third-order valence-electron chi connectivity index (χ3n) is 6.49. The van der Waals surface area contributed by atoms with Crippen molar-refractivity contribution in [2.24, 2.45) is 0 Å². The van der Waals surface area contributed by atoms with Crippen molar-refractivity contribution in [1.82, 2.24) is 19.8 Å². The summed E-state index contributed by atoms with van der Waals surface area (Å²) in [5.74, 6) is 0.859. The first-order valence-corrected chi connectivity index (χ1v) is 10.9. The SMILES string of the molecule is CCCC(C)N1CC2(CCN(Cc3cnc(N4CCCC4)nc3)CC2)OC1=O. The van der Waals surface area contributed by atoms with Crippen molar-refractivity contribution in [3.63, 3.8) is 0 Å². The number of carbonyl (C=O) groups is 1. The smallest absolute Gasteiger partial charge is 0.410 e. The number of carbonyl (C=O) groups excluding carboxylic acids is 1. The van der Waals surface area contributed by atoms with Crippen LogP contribution in [0, 0.1) is 0 Å². The Morgan fingerprint density at radius 3 is 2.46 bits per heavy atom. The van der Waals surface area contributed by atoms with Crippen molar-refractivity contribution in [2.45, 2.75) is 70.6 Å². The van der Waals surface area contributed by atoms with Gasteiger partial charge in [-0.2, -0.15) is 0 Å². The molecule has 28 heavy (non-hydrogen) atoms. The number of hydrogen-bond donors (Lipinski definition) is 0. The number of anilines is 1. The van der Waals surface area contributed by atoms with Crippen molar-refractivity contribution in [3.05, 3.63) is 18.0 Å². The largest absolute Gasteiger partial charge is 0.441 e. The monoisotopic (exact) mass is 387 g/mol. The highest BCUT2D eigenvalue weighted by Crippen LogP contribution is 2.35. The van der Waals surface area contributed by atoms with Gasteiger partial charge in [0.05, 0.1) is 6.54 Å². The van der Waals surface area contributed by atoms with Crippen LogP contribution >= 0.6 is 0 Å². The lowest BCUT2D eigenvalue weighted by Gasteiger charge is -2.37. The average molecular weight is 388 g/mol. The van der Waals surface area contributed by atoms with Crippen LogP contribution in [0.4, 0.5) is 10.7 Å². The molecule has 1 unspecified atom stereocenters. The fourth-order valence-electron chi connectivity index (χ4n) is 4.71. The molecule has 3 fully saturated rings. The Morgan fingerprint density at radius 2 is 1.82 bits per heavy atom. The molecule has 154 valence electrons. The van der Waals surface area contributed by atoms with E-state index in [-0.39, 0.29) is 17.7 Å². The number of piperidine rings is 1. The van der Waals surface area contributed by atoms with Crippen LogP contribution in [0.1, 0.15) is 57.9 Å². The summed E-state index contributed by atoms with van der Waals surface area (Å²) in [5.41, 5.74) is 0.867. The molecule has 3 aliphatic rings. The Morgan fingerprint density at radius 1 is 1.14 bits per heavy atom. The Labute approximate surface area is 168 Å². The molecule has 0 saturated carbocycles. The van der Waals surface area contributed by atoms with Gasteiger partial charge in [-0.15, -0.1) is 0 Å². The Kier molecular flexibility index (Phi) is 5.71. The summed E-state index contributed by atoms with van der Waals surface area (Å²) in [6.07, 6.45) is 10.2. The normalized spacial score (nSPS) is 23.4. The lowest BCUT2D eigenvalue weighted by molar-refractivity contribution is -0.00135. The van der Waals surface area contributed by atoms with E-state index in [9.17, 15) is 4.79 Å². The maximum atomic E-state index is 12.3. The standard InChI is InChI=1S/C21H33N5O2/c1-3-6-17(2)26-16-21(28-20(26)27)7-11-24(12-8-21)15-18-13-22-19(23-14-18)25-9-4-5-10-25/h13-14,17H,3-12,15-16H2,1-2H3. The van der Waals surface area contributed by atoms with Gasteiger partial charge in [-0.3, -0.25) is 4.90 Å². The van der Waals surface area contributed by atoms with Crippen molar-refractivity contribution in [1.29, 1.82) is 0 Å². The van der Waals surface area contributed by atoms with Gasteiger partial charge in [-0.05, 0) is 26.2 Å². The second-order valence-corrected chi connectivity index (χ2v) is 8.68. The van der Waals surface area contributed by atoms with E-state index >= 15 is 0 Å². The van der Waals surface area contributed by atoms with E-state index < -0.39 is 0 Å². The summed E-state index contributed by atoms with van der Waals surface area (Å²) >= 11 is 0. The van der Waals surface area contributed by atoms with Crippen molar-refractivity contribution in [2.75, 3.05) is 37.6 Å². The molecule has 4 rings (SSSR count). The number of amides is 1. The molecule has 0 aromatic carbocycles. The maximum absolute atomic E-state index is 12.3. The first kappa shape index (κ1) is 19.4. The molecule has 0 radical (unpaired) electrons. The highest BCUT2D eigenvalue weighted by Gasteiger charge is 2.47. The van der Waals surface area contributed by atoms with Gasteiger partial charge >= 0.3 is 6.09 Å². The predicted octanol–water partition coefficient (Wildman–Crippen LogP) is 3.05. The second kappa shape index (κ2) is 8.23. The van der Waals surface area contributed by atoms with E-state index in [0.717, 1.165) is 76.5 Å². The van der Waals surface area contributed by atoms with Gasteiger partial charge in [-0.25, -0.2) is 14.8 Å². The Hall–Kier alpha value is -1.89. The molecule has 1 aromatic rings. The molecule has 3 aliphatic heterocycles. The molecule has 1 atom stereocenters. The molecule has 7 nitrogen and oxygen atoms in total. The number of aromatic nitrogens is 2. The zero-order valence-electron chi connectivity index (χ0n) is 17.3. The summed E-state index contributed by atoms with van der Waals surface area (Å²) in [6.45, 7) is 9.92. The van der Waals surface area contributed by atoms with Crippen LogP contribution in [0.3, 0.4) is 0 Å². The quantitative estimate of drug-likeness (QED) is 0.748. The molecular formula is C21H33N5O2. The fourth-order valence-corrected chi connectivity index (χ4v) is 4.71. The van der Waals surface area contributed by atoms with Crippen LogP contribution in [0.5, 0.6) is 0 Å². The van der Waals surface area contributed by atoms with Crippen molar-refractivity contribution in [3.8, 4) is 0 Å². The summed E-state index contributed by atoms with van der Waals surface area (Å²) in [6, 6.07) is 0.265. The van der Waals surface area contributed by atoms with Crippen LogP contribution in [0.2, 0.25) is 0 Å². The van der Waals surface area contributed by atoms with Crippen molar-refractivity contribution < 1.29 is 9.53 Å². The summed E-state index contributed by atoms with van der Waals surface area (Å²) in [4.78, 5) is 28.1. The topological polar surface area (TPSA) is 61.8 Å². The van der Waals surface area contributed by atoms with Gasteiger partial charge in [0.25, 0.3) is 0 Å². The summed E-state index contributed by atoms with van der Waals surface area (Å²) in [5, 5.41) is 0. The van der Waals surface area contributed by atoms with Gasteiger partial charge in [-0.1, -0.05) is 13.3 Å². The van der Waals surface area contributed by atoms with Crippen molar-refractivity contribution >= 4 is 12.0 Å². The van der Waals surface area contributed by atoms with Crippen LogP contribution in [0.25, 0.3) is 0 Å². The van der Waals surface area contributed by atoms with Crippen LogP contribution in [-0.2, 0) is 11.3 Å². The minimum Gasteiger partial charge on any atom is -0.441 e. The molecule has 1 spiro atoms. The minimum absolute atomic E-state index is 0.125. The van der Waals surface area contributed by atoms with Gasteiger partial charge in [0.2, 0.25) is 5.95 Å². The van der Waals surface area contributed by atoms with Gasteiger partial charge in [0, 0.05) is 69.6 Å². The Bertz CT molecular complexity index is 666. The van der Waals surface area contributed by atoms with Crippen LogP contribution in [-0.4, -0.2) is 70.2 Å². The fraction of sp³-hybridized carbons (Fsp3) is 0.762. The molecule has 7 heteroatoms. The van der Waals surface area contributed by atoms with Gasteiger partial charge in [0.15, 0.2) is 0 Å². The van der Waals surface area contributed by atoms with E-state index in [2.05, 4.69) is 33.6 Å². The molecular weight excluding hydrogens is 354 g/mol. The highest BCUT2D eigenvalue weighted by molar-refractivity contribution is 5.71. The number of nitrogens with zero attached hydrogens (tertiary/aromatic N) is 5. The number of hydrogen-bond acceptors (Lipinski definition) is 6. The number of ether oxygens (including phenoxy) is 1. The first-order valence-electron chi connectivity index (χ1n) is 10.9. The number of rotatable bonds is 6. The Balaban J connectivity index is 1.29.